The van der Waals surface area contributed by atoms with Crippen molar-refractivity contribution in [2.75, 3.05) is 5.73 Å². The van der Waals surface area contributed by atoms with E-state index in [2.05, 4.69) is 0 Å². The van der Waals surface area contributed by atoms with Crippen LogP contribution in [0.5, 0.6) is 0 Å². The van der Waals surface area contributed by atoms with E-state index in [-0.39, 0.29) is 16.9 Å². The summed E-state index contributed by atoms with van der Waals surface area (Å²) in [5.74, 6) is -1.27. The van der Waals surface area contributed by atoms with Crippen molar-refractivity contribution in [3.05, 3.63) is 31.4 Å². The van der Waals surface area contributed by atoms with Gasteiger partial charge in [-0.25, -0.2) is 4.79 Å². The van der Waals surface area contributed by atoms with Crippen molar-refractivity contribution in [2.45, 2.75) is 0 Å². The molecule has 0 aromatic heterocycles. The molecule has 0 aliphatic heterocycles. The number of carboxylic acids is 1. The number of carbonyl (C=O) groups is 1. The zero-order valence-corrected chi connectivity index (χ0v) is 8.89. The van der Waals surface area contributed by atoms with E-state index in [9.17, 15) is 14.9 Å². The van der Waals surface area contributed by atoms with E-state index >= 15 is 0 Å². The molecular formula is C7H5IN2O4. The van der Waals surface area contributed by atoms with Gasteiger partial charge in [0.25, 0.3) is 5.69 Å². The third-order valence-corrected chi connectivity index (χ3v) is 2.17. The van der Waals surface area contributed by atoms with Crippen molar-refractivity contribution in [1.29, 1.82) is 0 Å². The molecule has 0 saturated carbocycles. The van der Waals surface area contributed by atoms with Gasteiger partial charge in [-0.3, -0.25) is 10.1 Å². The lowest BCUT2D eigenvalue weighted by Crippen LogP contribution is -2.06. The number of halogens is 1. The normalized spacial score (nSPS) is 9.79. The van der Waals surface area contributed by atoms with E-state index in [1.165, 1.54) is 12.1 Å². The van der Waals surface area contributed by atoms with Gasteiger partial charge in [0.1, 0.15) is 5.69 Å². The van der Waals surface area contributed by atoms with Gasteiger partial charge in [-0.2, -0.15) is 0 Å². The minimum absolute atomic E-state index is 0.247. The fourth-order valence-electron chi connectivity index (χ4n) is 0.932. The molecule has 7 heteroatoms. The summed E-state index contributed by atoms with van der Waals surface area (Å²) in [6.45, 7) is 0. The van der Waals surface area contributed by atoms with Crippen molar-refractivity contribution < 1.29 is 14.8 Å². The molecule has 0 spiro atoms. The number of hydrogen-bond donors (Lipinski definition) is 2. The SMILES string of the molecule is Nc1c(C(=O)O)cc(I)cc1[N+](=O)[O-]. The molecule has 0 aliphatic carbocycles. The number of hydrogen-bond acceptors (Lipinski definition) is 4. The highest BCUT2D eigenvalue weighted by Crippen LogP contribution is 2.27. The number of nitrogens with zero attached hydrogens (tertiary/aromatic N) is 1. The second kappa shape index (κ2) is 3.78. The fourth-order valence-corrected chi connectivity index (χ4v) is 1.54. The Morgan fingerprint density at radius 2 is 2.14 bits per heavy atom. The molecule has 0 heterocycles. The molecule has 3 N–H and O–H groups in total. The van der Waals surface area contributed by atoms with Gasteiger partial charge in [-0.1, -0.05) is 0 Å². The molecule has 0 saturated heterocycles. The average molecular weight is 308 g/mol. The molecule has 0 aliphatic rings. The third-order valence-electron chi connectivity index (χ3n) is 1.55. The maximum atomic E-state index is 10.6. The molecule has 1 aromatic rings. The second-order valence-corrected chi connectivity index (χ2v) is 3.69. The predicted octanol–water partition coefficient (Wildman–Crippen LogP) is 1.48. The first-order valence-corrected chi connectivity index (χ1v) is 4.48. The summed E-state index contributed by atoms with van der Waals surface area (Å²) in [6.07, 6.45) is 0. The van der Waals surface area contributed by atoms with Crippen molar-refractivity contribution >= 4 is 39.9 Å². The third kappa shape index (κ3) is 1.92. The highest BCUT2D eigenvalue weighted by Gasteiger charge is 2.20. The van der Waals surface area contributed by atoms with Crippen LogP contribution in [0.1, 0.15) is 10.4 Å². The Labute approximate surface area is 92.0 Å². The van der Waals surface area contributed by atoms with Crippen LogP contribution >= 0.6 is 22.6 Å². The number of nitrogens with two attached hydrogens (primary N) is 1. The number of rotatable bonds is 2. The van der Waals surface area contributed by atoms with Gasteiger partial charge in [0, 0.05) is 9.64 Å². The van der Waals surface area contributed by atoms with Crippen molar-refractivity contribution in [2.24, 2.45) is 0 Å². The molecule has 6 nitrogen and oxygen atoms in total. The van der Waals surface area contributed by atoms with E-state index < -0.39 is 10.9 Å². The monoisotopic (exact) mass is 308 g/mol. The topological polar surface area (TPSA) is 106 Å². The number of benzene rings is 1. The lowest BCUT2D eigenvalue weighted by atomic mass is 10.1. The number of carboxylic acid groups (broad SMARTS) is 1. The van der Waals surface area contributed by atoms with Crippen LogP contribution in [0.15, 0.2) is 12.1 Å². The molecule has 0 fully saturated rings. The zero-order chi connectivity index (χ0) is 10.9. The Balaban J connectivity index is 3.47. The van der Waals surface area contributed by atoms with Gasteiger partial charge in [0.15, 0.2) is 0 Å². The summed E-state index contributed by atoms with van der Waals surface area (Å²) in [5.41, 5.74) is 4.38. The largest absolute Gasteiger partial charge is 0.478 e. The molecule has 0 atom stereocenters. The molecule has 1 aromatic carbocycles. The van der Waals surface area contributed by atoms with Gasteiger partial charge < -0.3 is 10.8 Å². The van der Waals surface area contributed by atoms with Gasteiger partial charge in [0.2, 0.25) is 0 Å². The maximum Gasteiger partial charge on any atom is 0.338 e. The number of anilines is 1. The first-order chi connectivity index (χ1) is 6.43. The smallest absolute Gasteiger partial charge is 0.338 e. The Morgan fingerprint density at radius 3 is 2.57 bits per heavy atom. The summed E-state index contributed by atoms with van der Waals surface area (Å²) in [5, 5.41) is 19.2. The lowest BCUT2D eigenvalue weighted by Gasteiger charge is -2.02. The van der Waals surface area contributed by atoms with Crippen LogP contribution in [0.2, 0.25) is 0 Å². The first-order valence-electron chi connectivity index (χ1n) is 3.40. The Kier molecular flexibility index (Phi) is 2.89. The molecule has 14 heavy (non-hydrogen) atoms. The first kappa shape index (κ1) is 10.7. The standard InChI is InChI=1S/C7H5IN2O4/c8-3-1-4(7(11)12)6(9)5(2-3)10(13)14/h1-2H,9H2,(H,11,12). The molecular weight excluding hydrogens is 303 g/mol. The molecule has 0 amide bonds. The zero-order valence-electron chi connectivity index (χ0n) is 6.73. The summed E-state index contributed by atoms with van der Waals surface area (Å²) >= 11 is 1.79. The maximum absolute atomic E-state index is 10.6. The van der Waals surface area contributed by atoms with E-state index in [1.54, 1.807) is 22.6 Å². The summed E-state index contributed by atoms with van der Waals surface area (Å²) in [7, 11) is 0. The number of nitrogen functional groups attached to an aromatic ring is 1. The van der Waals surface area contributed by atoms with Crippen LogP contribution in [0.25, 0.3) is 0 Å². The van der Waals surface area contributed by atoms with E-state index in [1.807, 2.05) is 0 Å². The highest BCUT2D eigenvalue weighted by molar-refractivity contribution is 14.1. The van der Waals surface area contributed by atoms with Gasteiger partial charge in [-0.15, -0.1) is 0 Å². The van der Waals surface area contributed by atoms with Crippen LogP contribution in [-0.2, 0) is 0 Å². The van der Waals surface area contributed by atoms with Crippen LogP contribution in [0.3, 0.4) is 0 Å². The summed E-state index contributed by atoms with van der Waals surface area (Å²) < 4.78 is 0.459. The van der Waals surface area contributed by atoms with Crippen LogP contribution in [-0.4, -0.2) is 16.0 Å². The minimum atomic E-state index is -1.27. The lowest BCUT2D eigenvalue weighted by molar-refractivity contribution is -0.384. The van der Waals surface area contributed by atoms with Gasteiger partial charge in [-0.05, 0) is 28.7 Å². The Morgan fingerprint density at radius 1 is 1.57 bits per heavy atom. The average Bonchev–Trinajstić information content (AvgIpc) is 2.07. The van der Waals surface area contributed by atoms with Crippen LogP contribution in [0, 0.1) is 13.7 Å². The number of aromatic carboxylic acids is 1. The van der Waals surface area contributed by atoms with Crippen molar-refractivity contribution in [3.63, 3.8) is 0 Å². The molecule has 0 bridgehead atoms. The second-order valence-electron chi connectivity index (χ2n) is 2.45. The molecule has 1 rings (SSSR count). The van der Waals surface area contributed by atoms with Crippen molar-refractivity contribution in [1.82, 2.24) is 0 Å². The van der Waals surface area contributed by atoms with E-state index in [0.717, 1.165) is 0 Å². The molecule has 0 unspecified atom stereocenters. The summed E-state index contributed by atoms with van der Waals surface area (Å²) in [4.78, 5) is 20.4. The van der Waals surface area contributed by atoms with Crippen LogP contribution in [0.4, 0.5) is 11.4 Å². The minimum Gasteiger partial charge on any atom is -0.478 e. The molecule has 74 valence electrons. The highest BCUT2D eigenvalue weighted by atomic mass is 127. The number of nitro benzene ring substituents is 1. The predicted molar refractivity (Wildman–Crippen MR) is 57.2 cm³/mol. The fraction of sp³-hybridized carbons (Fsp3) is 0. The Hall–Kier alpha value is -1.38. The Bertz CT molecular complexity index is 383. The van der Waals surface area contributed by atoms with Crippen LogP contribution < -0.4 is 5.73 Å². The van der Waals surface area contributed by atoms with Gasteiger partial charge in [0.05, 0.1) is 10.5 Å². The van der Waals surface area contributed by atoms with E-state index in [4.69, 9.17) is 10.8 Å². The molecule has 0 radical (unpaired) electrons. The number of nitro groups is 1. The quantitative estimate of drug-likeness (QED) is 0.372. The van der Waals surface area contributed by atoms with Gasteiger partial charge >= 0.3 is 5.97 Å². The summed E-state index contributed by atoms with van der Waals surface area (Å²) in [6, 6.07) is 2.51. The van der Waals surface area contributed by atoms with E-state index in [0.29, 0.717) is 3.57 Å². The van der Waals surface area contributed by atoms with Crippen molar-refractivity contribution in [3.8, 4) is 0 Å².